The third-order valence-corrected chi connectivity index (χ3v) is 3.08. The van der Waals surface area contributed by atoms with E-state index in [2.05, 4.69) is 13.0 Å². The molecule has 1 aliphatic rings. The lowest BCUT2D eigenvalue weighted by atomic mass is 10.2. The van der Waals surface area contributed by atoms with Crippen LogP contribution in [0.1, 0.15) is 26.7 Å². The van der Waals surface area contributed by atoms with Crippen LogP contribution >= 0.6 is 0 Å². The van der Waals surface area contributed by atoms with Gasteiger partial charge >= 0.3 is 0 Å². The van der Waals surface area contributed by atoms with Crippen molar-refractivity contribution in [2.75, 3.05) is 20.3 Å². The summed E-state index contributed by atoms with van der Waals surface area (Å²) >= 11 is 0. The molecule has 3 unspecified atom stereocenters. The van der Waals surface area contributed by atoms with E-state index in [0.29, 0.717) is 18.9 Å². The highest BCUT2D eigenvalue weighted by atomic mass is 16.6. The third-order valence-electron chi connectivity index (χ3n) is 3.08. The molecule has 108 valence electrons. The Kier molecular flexibility index (Phi) is 7.63. The van der Waals surface area contributed by atoms with E-state index < -0.39 is 0 Å². The number of hydrogen-bond acceptors (Lipinski definition) is 4. The van der Waals surface area contributed by atoms with Crippen molar-refractivity contribution in [2.24, 2.45) is 0 Å². The number of hydrogen-bond donors (Lipinski definition) is 1. The van der Waals surface area contributed by atoms with Gasteiger partial charge in [-0.25, -0.2) is 0 Å². The fourth-order valence-corrected chi connectivity index (χ4v) is 1.83. The van der Waals surface area contributed by atoms with E-state index in [9.17, 15) is 0 Å². The molecule has 4 heteroatoms. The maximum atomic E-state index is 7.93. The molecule has 4 nitrogen and oxygen atoms in total. The van der Waals surface area contributed by atoms with Crippen molar-refractivity contribution in [3.05, 3.63) is 24.3 Å². The summed E-state index contributed by atoms with van der Waals surface area (Å²) in [4.78, 5) is 0. The molecule has 0 amide bonds. The highest BCUT2D eigenvalue weighted by molar-refractivity contribution is 5.95. The molecule has 1 fully saturated rings. The zero-order chi connectivity index (χ0) is 14.1. The van der Waals surface area contributed by atoms with E-state index in [0.717, 1.165) is 12.8 Å². The minimum atomic E-state index is -0.250. The molecule has 0 saturated carbocycles. The van der Waals surface area contributed by atoms with Crippen molar-refractivity contribution < 1.29 is 14.2 Å². The third kappa shape index (κ3) is 5.68. The van der Waals surface area contributed by atoms with Crippen molar-refractivity contribution in [3.8, 4) is 0 Å². The molecule has 1 aliphatic heterocycles. The zero-order valence-electron chi connectivity index (χ0n) is 12.1. The molecule has 0 spiro atoms. The minimum Gasteiger partial charge on any atom is -0.376 e. The Hall–Kier alpha value is -0.970. The summed E-state index contributed by atoms with van der Waals surface area (Å²) in [6.45, 7) is 5.13. The summed E-state index contributed by atoms with van der Waals surface area (Å²) in [6, 6.07) is 0. The molecule has 3 atom stereocenters. The predicted octanol–water partition coefficient (Wildman–Crippen LogP) is 2.74. The van der Waals surface area contributed by atoms with Gasteiger partial charge in [0.25, 0.3) is 0 Å². The van der Waals surface area contributed by atoms with E-state index in [4.69, 9.17) is 19.6 Å². The Labute approximate surface area is 115 Å². The van der Waals surface area contributed by atoms with Crippen LogP contribution in [0.3, 0.4) is 0 Å². The van der Waals surface area contributed by atoms with Crippen LogP contribution in [0, 0.1) is 5.41 Å². The van der Waals surface area contributed by atoms with Crippen molar-refractivity contribution in [1.29, 1.82) is 5.41 Å². The van der Waals surface area contributed by atoms with Gasteiger partial charge in [-0.1, -0.05) is 31.6 Å². The SMILES string of the molecule is CCC/C=C/C=C\C(=N)C(C)OC1COCC1OC. The predicted molar refractivity (Wildman–Crippen MR) is 76.9 cm³/mol. The quantitative estimate of drug-likeness (QED) is 0.543. The van der Waals surface area contributed by atoms with Gasteiger partial charge in [0.05, 0.1) is 25.0 Å². The molecule has 1 rings (SSSR count). The van der Waals surface area contributed by atoms with Crippen LogP contribution in [0.2, 0.25) is 0 Å². The monoisotopic (exact) mass is 267 g/mol. The Bertz CT molecular complexity index is 325. The first-order valence-electron chi connectivity index (χ1n) is 6.86. The minimum absolute atomic E-state index is 0.0244. The van der Waals surface area contributed by atoms with E-state index in [-0.39, 0.29) is 18.3 Å². The molecule has 0 bridgehead atoms. The Morgan fingerprint density at radius 3 is 2.79 bits per heavy atom. The Morgan fingerprint density at radius 1 is 1.37 bits per heavy atom. The smallest absolute Gasteiger partial charge is 0.110 e. The van der Waals surface area contributed by atoms with E-state index >= 15 is 0 Å². The van der Waals surface area contributed by atoms with Gasteiger partial charge in [-0.15, -0.1) is 0 Å². The molecule has 0 aromatic carbocycles. The van der Waals surface area contributed by atoms with Crippen molar-refractivity contribution in [1.82, 2.24) is 0 Å². The van der Waals surface area contributed by atoms with Crippen LogP contribution in [0.15, 0.2) is 24.3 Å². The fraction of sp³-hybridized carbons (Fsp3) is 0.667. The second-order valence-electron chi connectivity index (χ2n) is 4.66. The first kappa shape index (κ1) is 16.1. The van der Waals surface area contributed by atoms with Crippen molar-refractivity contribution in [3.63, 3.8) is 0 Å². The highest BCUT2D eigenvalue weighted by Crippen LogP contribution is 2.15. The number of nitrogens with one attached hydrogen (secondary N) is 1. The maximum Gasteiger partial charge on any atom is 0.110 e. The average molecular weight is 267 g/mol. The Balaban J connectivity index is 2.35. The van der Waals surface area contributed by atoms with Gasteiger partial charge in [-0.2, -0.15) is 0 Å². The van der Waals surface area contributed by atoms with Gasteiger partial charge < -0.3 is 19.6 Å². The number of allylic oxidation sites excluding steroid dienone is 3. The largest absolute Gasteiger partial charge is 0.376 e. The second kappa shape index (κ2) is 9.02. The van der Waals surface area contributed by atoms with Crippen molar-refractivity contribution in [2.45, 2.75) is 45.0 Å². The lowest BCUT2D eigenvalue weighted by Gasteiger charge is -2.21. The van der Waals surface area contributed by atoms with Crippen LogP contribution < -0.4 is 0 Å². The lowest BCUT2D eigenvalue weighted by Crippen LogP contribution is -2.34. The number of ether oxygens (including phenoxy) is 3. The summed E-state index contributed by atoms with van der Waals surface area (Å²) in [5, 5.41) is 7.93. The van der Waals surface area contributed by atoms with E-state index in [1.54, 1.807) is 13.2 Å². The molecule has 0 aromatic rings. The van der Waals surface area contributed by atoms with Crippen LogP contribution in [-0.4, -0.2) is 44.3 Å². The summed E-state index contributed by atoms with van der Waals surface area (Å²) in [6.07, 6.45) is 9.58. The molecule has 19 heavy (non-hydrogen) atoms. The summed E-state index contributed by atoms with van der Waals surface area (Å²) in [5.41, 5.74) is 0.461. The van der Waals surface area contributed by atoms with E-state index in [1.165, 1.54) is 0 Å². The number of methoxy groups -OCH3 is 1. The van der Waals surface area contributed by atoms with Gasteiger partial charge in [0.2, 0.25) is 0 Å². The molecule has 1 heterocycles. The fourth-order valence-electron chi connectivity index (χ4n) is 1.83. The zero-order valence-corrected chi connectivity index (χ0v) is 12.1. The van der Waals surface area contributed by atoms with Gasteiger partial charge in [0.1, 0.15) is 12.2 Å². The van der Waals surface area contributed by atoms with Crippen LogP contribution in [0.25, 0.3) is 0 Å². The number of unbranched alkanes of at least 4 members (excludes halogenated alkanes) is 1. The lowest BCUT2D eigenvalue weighted by molar-refractivity contribution is -0.0401. The first-order chi connectivity index (χ1) is 9.19. The van der Waals surface area contributed by atoms with E-state index in [1.807, 2.05) is 19.1 Å². The Morgan fingerprint density at radius 2 is 2.11 bits per heavy atom. The summed E-state index contributed by atoms with van der Waals surface area (Å²) in [5.74, 6) is 0. The summed E-state index contributed by atoms with van der Waals surface area (Å²) in [7, 11) is 1.66. The standard InChI is InChI=1S/C15H25NO3/c1-4-5-6-7-8-9-13(16)12(2)19-15-11-18-10-14(15)17-3/h6-9,12,14-16H,4-5,10-11H2,1-3H3/b7-6+,9-8-,16-13?. The first-order valence-corrected chi connectivity index (χ1v) is 6.86. The maximum absolute atomic E-state index is 7.93. The summed E-state index contributed by atoms with van der Waals surface area (Å²) < 4.78 is 16.4. The topological polar surface area (TPSA) is 51.5 Å². The average Bonchev–Trinajstić information content (AvgIpc) is 2.85. The van der Waals surface area contributed by atoms with Gasteiger partial charge in [0.15, 0.2) is 0 Å². The molecule has 0 aliphatic carbocycles. The highest BCUT2D eigenvalue weighted by Gasteiger charge is 2.30. The molecular formula is C15H25NO3. The molecule has 0 radical (unpaired) electrons. The second-order valence-corrected chi connectivity index (χ2v) is 4.66. The molecule has 1 saturated heterocycles. The normalized spacial score (nSPS) is 25.4. The van der Waals surface area contributed by atoms with Crippen molar-refractivity contribution >= 4 is 5.71 Å². The van der Waals surface area contributed by atoms with Crippen LogP contribution in [-0.2, 0) is 14.2 Å². The number of rotatable bonds is 8. The van der Waals surface area contributed by atoms with Crippen LogP contribution in [0.4, 0.5) is 0 Å². The van der Waals surface area contributed by atoms with Crippen LogP contribution in [0.5, 0.6) is 0 Å². The molecular weight excluding hydrogens is 242 g/mol. The van der Waals surface area contributed by atoms with Gasteiger partial charge in [-0.3, -0.25) is 0 Å². The van der Waals surface area contributed by atoms with Gasteiger partial charge in [0, 0.05) is 7.11 Å². The molecule has 0 aromatic heterocycles. The molecule has 1 N–H and O–H groups in total. The van der Waals surface area contributed by atoms with Gasteiger partial charge in [-0.05, 0) is 19.4 Å².